The van der Waals surface area contributed by atoms with E-state index in [-0.39, 0.29) is 0 Å². The Morgan fingerprint density at radius 1 is 0.429 bits per heavy atom. The first-order chi connectivity index (χ1) is 24.3. The smallest absolute Gasteiger partial charge is 0.0714 e. The zero-order chi connectivity index (χ0) is 31.8. The molecule has 0 atom stereocenters. The number of fused-ring (bicyclic) bond motifs is 14. The van der Waals surface area contributed by atoms with Crippen molar-refractivity contribution in [2.24, 2.45) is 0 Å². The van der Waals surface area contributed by atoms with Crippen molar-refractivity contribution in [3.8, 4) is 11.1 Å². The van der Waals surface area contributed by atoms with E-state index >= 15 is 0 Å². The van der Waals surface area contributed by atoms with Gasteiger partial charge in [-0.05, 0) is 51.4 Å². The predicted molar refractivity (Wildman–Crippen MR) is 209 cm³/mol. The number of pyridine rings is 1. The molecule has 1 aliphatic rings. The van der Waals surface area contributed by atoms with Crippen molar-refractivity contribution in [2.75, 3.05) is 0 Å². The van der Waals surface area contributed by atoms with E-state index < -0.39 is 5.41 Å². The molecule has 11 aromatic rings. The molecule has 0 bridgehead atoms. The Kier molecular flexibility index (Phi) is 4.86. The Hall–Kier alpha value is -5.96. The highest BCUT2D eigenvalue weighted by atomic mass is 32.1. The molecule has 0 saturated carbocycles. The van der Waals surface area contributed by atoms with E-state index in [9.17, 15) is 0 Å². The fourth-order valence-electron chi connectivity index (χ4n) is 9.60. The van der Waals surface area contributed by atoms with Gasteiger partial charge in [0.05, 0.1) is 22.0 Å². The van der Waals surface area contributed by atoms with Crippen LogP contribution in [0, 0.1) is 0 Å². The molecule has 0 spiro atoms. The van der Waals surface area contributed by atoms with Crippen LogP contribution in [0.1, 0.15) is 22.3 Å². The molecular weight excluding hydrogens is 611 g/mol. The molecule has 0 saturated heterocycles. The van der Waals surface area contributed by atoms with Gasteiger partial charge < -0.3 is 4.40 Å². The molecule has 3 heterocycles. The Balaban J connectivity index is 1.36. The van der Waals surface area contributed by atoms with Gasteiger partial charge in [-0.25, -0.2) is 0 Å². The van der Waals surface area contributed by atoms with Crippen molar-refractivity contribution in [2.45, 2.75) is 5.41 Å². The number of para-hydroxylation sites is 1. The summed E-state index contributed by atoms with van der Waals surface area (Å²) in [5, 5.41) is 10.7. The fraction of sp³-hybridized carbons (Fsp3) is 0.0213. The van der Waals surface area contributed by atoms with Crippen LogP contribution in [-0.2, 0) is 5.41 Å². The van der Waals surface area contributed by atoms with Gasteiger partial charge in [-0.15, -0.1) is 11.3 Å². The third-order valence-electron chi connectivity index (χ3n) is 11.4. The van der Waals surface area contributed by atoms with E-state index in [4.69, 9.17) is 0 Å². The average molecular weight is 638 g/mol. The number of benzene rings is 8. The summed E-state index contributed by atoms with van der Waals surface area (Å²) in [4.78, 5) is 0. The van der Waals surface area contributed by atoms with Gasteiger partial charge in [0, 0.05) is 52.7 Å². The van der Waals surface area contributed by atoms with Crippen molar-refractivity contribution < 1.29 is 0 Å². The fourth-order valence-corrected chi connectivity index (χ4v) is 10.8. The van der Waals surface area contributed by atoms with E-state index in [0.717, 1.165) is 0 Å². The van der Waals surface area contributed by atoms with Crippen LogP contribution in [0.25, 0.3) is 80.2 Å². The average Bonchev–Trinajstić information content (AvgIpc) is 3.81. The van der Waals surface area contributed by atoms with Crippen LogP contribution in [0.2, 0.25) is 0 Å². The highest BCUT2D eigenvalue weighted by Crippen LogP contribution is 2.59. The topological polar surface area (TPSA) is 4.41 Å². The van der Waals surface area contributed by atoms with Crippen LogP contribution < -0.4 is 0 Å². The number of hydrogen-bond donors (Lipinski definition) is 0. The molecule has 0 amide bonds. The van der Waals surface area contributed by atoms with Crippen molar-refractivity contribution >= 4 is 80.4 Å². The molecule has 2 heteroatoms. The van der Waals surface area contributed by atoms with Gasteiger partial charge in [0.15, 0.2) is 0 Å². The third-order valence-corrected chi connectivity index (χ3v) is 12.5. The molecule has 0 N–H and O–H groups in total. The monoisotopic (exact) mass is 637 g/mol. The molecule has 0 radical (unpaired) electrons. The van der Waals surface area contributed by atoms with Crippen LogP contribution in [-0.4, -0.2) is 4.40 Å². The number of aromatic nitrogens is 1. The minimum absolute atomic E-state index is 0.442. The summed E-state index contributed by atoms with van der Waals surface area (Å²) in [5.41, 5.74) is 11.4. The standard InChI is InChI=1S/C47H27NS/c1-3-13-29(14-4-1)47(30-15-5-2-6-16-30)36-20-10-7-17-33(36)42-37(47)26-25-32-31-24-23-28-27-40-43(35-19-9-12-22-39(35)49-40)44-34-18-8-11-21-38(34)48(46(32)42)45(31)41(28)44/h1-27H. The second-order valence-electron chi connectivity index (χ2n) is 13.5. The number of nitrogens with zero attached hydrogens (tertiary/aromatic N) is 1. The summed E-state index contributed by atoms with van der Waals surface area (Å²) in [5.74, 6) is 0. The Morgan fingerprint density at radius 2 is 1.08 bits per heavy atom. The van der Waals surface area contributed by atoms with Gasteiger partial charge >= 0.3 is 0 Å². The van der Waals surface area contributed by atoms with Gasteiger partial charge in [-0.1, -0.05) is 146 Å². The second-order valence-corrected chi connectivity index (χ2v) is 14.6. The summed E-state index contributed by atoms with van der Waals surface area (Å²) in [6.07, 6.45) is 0. The van der Waals surface area contributed by atoms with Crippen molar-refractivity contribution in [3.05, 3.63) is 186 Å². The lowest BCUT2D eigenvalue weighted by Gasteiger charge is -2.33. The zero-order valence-corrected chi connectivity index (χ0v) is 27.3. The molecule has 8 aromatic carbocycles. The van der Waals surface area contributed by atoms with Crippen LogP contribution in [0.3, 0.4) is 0 Å². The van der Waals surface area contributed by atoms with Gasteiger partial charge in [-0.2, -0.15) is 0 Å². The molecule has 0 fully saturated rings. The Morgan fingerprint density at radius 3 is 1.90 bits per heavy atom. The molecule has 49 heavy (non-hydrogen) atoms. The van der Waals surface area contributed by atoms with Crippen molar-refractivity contribution in [1.82, 2.24) is 4.40 Å². The maximum Gasteiger partial charge on any atom is 0.0714 e. The predicted octanol–water partition coefficient (Wildman–Crippen LogP) is 12.7. The quantitative estimate of drug-likeness (QED) is 0.131. The molecular formula is C47H27NS. The summed E-state index contributed by atoms with van der Waals surface area (Å²) in [6.45, 7) is 0. The van der Waals surface area contributed by atoms with Gasteiger partial charge in [-0.3, -0.25) is 0 Å². The zero-order valence-electron chi connectivity index (χ0n) is 26.4. The Bertz CT molecular complexity index is 3110. The largest absolute Gasteiger partial charge is 0.307 e. The maximum absolute atomic E-state index is 2.62. The second kappa shape index (κ2) is 9.14. The first kappa shape index (κ1) is 26.0. The molecule has 12 rings (SSSR count). The summed E-state index contributed by atoms with van der Waals surface area (Å²) < 4.78 is 5.32. The van der Waals surface area contributed by atoms with Crippen molar-refractivity contribution in [1.29, 1.82) is 0 Å². The van der Waals surface area contributed by atoms with Gasteiger partial charge in [0.2, 0.25) is 0 Å². The Labute approximate surface area is 286 Å². The first-order valence-electron chi connectivity index (χ1n) is 17.0. The van der Waals surface area contributed by atoms with Crippen molar-refractivity contribution in [3.63, 3.8) is 0 Å². The van der Waals surface area contributed by atoms with E-state index in [2.05, 4.69) is 168 Å². The van der Waals surface area contributed by atoms with E-state index in [0.29, 0.717) is 0 Å². The molecule has 226 valence electrons. The SMILES string of the molecule is c1ccc(C2(c3ccccc3)c3ccccc3-c3c2ccc2c4ccc5cc6sc7ccccc7c6c6c7ccccc7n(c32)c4c56)cc1. The summed E-state index contributed by atoms with van der Waals surface area (Å²) in [6, 6.07) is 61.5. The minimum Gasteiger partial charge on any atom is -0.307 e. The normalized spacial score (nSPS) is 13.9. The lowest BCUT2D eigenvalue weighted by atomic mass is 9.67. The number of thiophene rings is 1. The lowest BCUT2D eigenvalue weighted by molar-refractivity contribution is 0.769. The molecule has 1 aliphatic carbocycles. The van der Waals surface area contributed by atoms with Gasteiger partial charge in [0.1, 0.15) is 0 Å². The maximum atomic E-state index is 2.62. The third kappa shape index (κ3) is 3.03. The van der Waals surface area contributed by atoms with Crippen LogP contribution in [0.4, 0.5) is 0 Å². The lowest BCUT2D eigenvalue weighted by Crippen LogP contribution is -2.28. The van der Waals surface area contributed by atoms with Crippen LogP contribution >= 0.6 is 11.3 Å². The van der Waals surface area contributed by atoms with Crippen LogP contribution in [0.15, 0.2) is 164 Å². The summed E-state index contributed by atoms with van der Waals surface area (Å²) >= 11 is 1.91. The first-order valence-corrected chi connectivity index (χ1v) is 17.8. The van der Waals surface area contributed by atoms with E-state index in [1.165, 1.54) is 102 Å². The van der Waals surface area contributed by atoms with E-state index in [1.807, 2.05) is 11.3 Å². The number of rotatable bonds is 2. The molecule has 1 nitrogen and oxygen atoms in total. The summed E-state index contributed by atoms with van der Waals surface area (Å²) in [7, 11) is 0. The minimum atomic E-state index is -0.442. The highest BCUT2D eigenvalue weighted by Gasteiger charge is 2.47. The van der Waals surface area contributed by atoms with Crippen LogP contribution in [0.5, 0.6) is 0 Å². The molecule has 0 aliphatic heterocycles. The van der Waals surface area contributed by atoms with Gasteiger partial charge in [0.25, 0.3) is 0 Å². The molecule has 3 aromatic heterocycles. The van der Waals surface area contributed by atoms with E-state index in [1.54, 1.807) is 0 Å². The highest BCUT2D eigenvalue weighted by molar-refractivity contribution is 7.26. The number of hydrogen-bond acceptors (Lipinski definition) is 1. The molecule has 0 unspecified atom stereocenters.